The maximum absolute atomic E-state index is 12.8. The number of aryl methyl sites for hydroxylation is 2. The summed E-state index contributed by atoms with van der Waals surface area (Å²) in [6.45, 7) is 3.92. The van der Waals surface area contributed by atoms with Crippen molar-refractivity contribution in [3.63, 3.8) is 0 Å². The van der Waals surface area contributed by atoms with Crippen LogP contribution in [0.15, 0.2) is 71.1 Å². The Morgan fingerprint density at radius 3 is 2.29 bits per heavy atom. The highest BCUT2D eigenvalue weighted by molar-refractivity contribution is 6.05. The Balaban J connectivity index is 1.28. The molecule has 1 saturated carbocycles. The van der Waals surface area contributed by atoms with Crippen LogP contribution in [0, 0.1) is 19.8 Å². The van der Waals surface area contributed by atoms with E-state index < -0.39 is 0 Å². The number of nitrogens with one attached hydrogen (secondary N) is 2. The molecular formula is C27H24N4O3. The number of aromatic nitrogens is 2. The minimum Gasteiger partial charge on any atom is -0.416 e. The van der Waals surface area contributed by atoms with Crippen LogP contribution in [-0.2, 0) is 4.79 Å². The molecule has 170 valence electrons. The second-order valence-corrected chi connectivity index (χ2v) is 8.61. The average molecular weight is 453 g/mol. The monoisotopic (exact) mass is 452 g/mol. The number of carbonyl (C=O) groups excluding carboxylic acids is 2. The average Bonchev–Trinajstić information content (AvgIpc) is 3.58. The van der Waals surface area contributed by atoms with Gasteiger partial charge in [-0.3, -0.25) is 9.59 Å². The molecule has 3 aromatic carbocycles. The number of nitrogens with zero attached hydrogens (tertiary/aromatic N) is 2. The Labute approximate surface area is 197 Å². The first-order valence-electron chi connectivity index (χ1n) is 11.2. The highest BCUT2D eigenvalue weighted by atomic mass is 16.4. The quantitative estimate of drug-likeness (QED) is 0.396. The van der Waals surface area contributed by atoms with Gasteiger partial charge in [-0.2, -0.15) is 0 Å². The van der Waals surface area contributed by atoms with Crippen LogP contribution in [0.3, 0.4) is 0 Å². The van der Waals surface area contributed by atoms with E-state index in [-0.39, 0.29) is 17.7 Å². The second-order valence-electron chi connectivity index (χ2n) is 8.61. The molecule has 4 aromatic rings. The Hall–Kier alpha value is -4.26. The predicted molar refractivity (Wildman–Crippen MR) is 130 cm³/mol. The van der Waals surface area contributed by atoms with E-state index in [9.17, 15) is 9.59 Å². The summed E-state index contributed by atoms with van der Waals surface area (Å²) in [6, 6.07) is 20.4. The van der Waals surface area contributed by atoms with Crippen LogP contribution >= 0.6 is 0 Å². The summed E-state index contributed by atoms with van der Waals surface area (Å²) in [5.74, 6) is 0.738. The van der Waals surface area contributed by atoms with Crippen molar-refractivity contribution in [3.05, 3.63) is 83.4 Å². The number of rotatable bonds is 6. The summed E-state index contributed by atoms with van der Waals surface area (Å²) in [5.41, 5.74) is 5.43. The first-order chi connectivity index (χ1) is 16.5. The maximum atomic E-state index is 12.8. The zero-order valence-electron chi connectivity index (χ0n) is 19.0. The smallest absolute Gasteiger partial charge is 0.255 e. The van der Waals surface area contributed by atoms with Gasteiger partial charge in [-0.1, -0.05) is 23.8 Å². The van der Waals surface area contributed by atoms with E-state index >= 15 is 0 Å². The molecule has 1 aliphatic carbocycles. The highest BCUT2D eigenvalue weighted by Crippen LogP contribution is 2.31. The first-order valence-corrected chi connectivity index (χ1v) is 11.2. The Morgan fingerprint density at radius 1 is 0.853 bits per heavy atom. The second kappa shape index (κ2) is 8.94. The van der Waals surface area contributed by atoms with Gasteiger partial charge in [0.15, 0.2) is 0 Å². The molecule has 0 saturated heterocycles. The van der Waals surface area contributed by atoms with E-state index in [0.29, 0.717) is 28.7 Å². The molecule has 1 aromatic heterocycles. The number of hydrogen-bond acceptors (Lipinski definition) is 5. The molecular weight excluding hydrogens is 428 g/mol. The van der Waals surface area contributed by atoms with Gasteiger partial charge in [-0.25, -0.2) is 0 Å². The Morgan fingerprint density at radius 2 is 1.59 bits per heavy atom. The highest BCUT2D eigenvalue weighted by Gasteiger charge is 2.29. The van der Waals surface area contributed by atoms with Gasteiger partial charge in [0.25, 0.3) is 5.91 Å². The molecule has 0 atom stereocenters. The minimum absolute atomic E-state index is 0.0308. The van der Waals surface area contributed by atoms with Crippen LogP contribution in [0.1, 0.15) is 34.3 Å². The molecule has 2 amide bonds. The van der Waals surface area contributed by atoms with Crippen molar-refractivity contribution in [1.82, 2.24) is 10.2 Å². The molecule has 7 nitrogen and oxygen atoms in total. The fourth-order valence-corrected chi connectivity index (χ4v) is 3.62. The van der Waals surface area contributed by atoms with Gasteiger partial charge in [0.05, 0.1) is 0 Å². The van der Waals surface area contributed by atoms with Gasteiger partial charge in [-0.15, -0.1) is 10.2 Å². The van der Waals surface area contributed by atoms with Crippen molar-refractivity contribution in [2.75, 3.05) is 10.6 Å². The van der Waals surface area contributed by atoms with Crippen LogP contribution in [0.4, 0.5) is 11.4 Å². The summed E-state index contributed by atoms with van der Waals surface area (Å²) in [4.78, 5) is 24.9. The summed E-state index contributed by atoms with van der Waals surface area (Å²) < 4.78 is 5.83. The maximum Gasteiger partial charge on any atom is 0.255 e. The summed E-state index contributed by atoms with van der Waals surface area (Å²) in [6.07, 6.45) is 1.88. The van der Waals surface area contributed by atoms with E-state index in [1.54, 1.807) is 30.3 Å². The van der Waals surface area contributed by atoms with Crippen molar-refractivity contribution in [2.45, 2.75) is 26.7 Å². The van der Waals surface area contributed by atoms with Crippen LogP contribution in [0.5, 0.6) is 0 Å². The zero-order chi connectivity index (χ0) is 23.7. The van der Waals surface area contributed by atoms with Crippen LogP contribution in [0.2, 0.25) is 0 Å². The predicted octanol–water partition coefficient (Wildman–Crippen LogP) is 5.62. The largest absolute Gasteiger partial charge is 0.416 e. The molecule has 0 unspecified atom stereocenters. The molecule has 7 heteroatoms. The third-order valence-electron chi connectivity index (χ3n) is 5.79. The number of amides is 2. The van der Waals surface area contributed by atoms with Gasteiger partial charge in [0, 0.05) is 34.0 Å². The summed E-state index contributed by atoms with van der Waals surface area (Å²) >= 11 is 0. The lowest BCUT2D eigenvalue weighted by atomic mass is 10.1. The fourth-order valence-electron chi connectivity index (χ4n) is 3.62. The Bertz CT molecular complexity index is 1370. The summed E-state index contributed by atoms with van der Waals surface area (Å²) in [5, 5.41) is 14.1. The van der Waals surface area contributed by atoms with Gasteiger partial charge in [0.1, 0.15) is 0 Å². The Kier molecular flexibility index (Phi) is 5.67. The van der Waals surface area contributed by atoms with Crippen molar-refractivity contribution < 1.29 is 14.0 Å². The minimum atomic E-state index is -0.244. The number of anilines is 2. The topological polar surface area (TPSA) is 97.1 Å². The van der Waals surface area contributed by atoms with Crippen molar-refractivity contribution >= 4 is 23.2 Å². The molecule has 0 bridgehead atoms. The lowest BCUT2D eigenvalue weighted by Gasteiger charge is -2.12. The normalized spacial score (nSPS) is 12.9. The third kappa shape index (κ3) is 4.73. The molecule has 34 heavy (non-hydrogen) atoms. The molecule has 1 aliphatic rings. The lowest BCUT2D eigenvalue weighted by Crippen LogP contribution is -2.15. The summed E-state index contributed by atoms with van der Waals surface area (Å²) in [7, 11) is 0. The molecule has 1 heterocycles. The van der Waals surface area contributed by atoms with Crippen molar-refractivity contribution in [2.24, 2.45) is 5.92 Å². The third-order valence-corrected chi connectivity index (χ3v) is 5.79. The van der Waals surface area contributed by atoms with Gasteiger partial charge in [0.2, 0.25) is 17.7 Å². The number of benzene rings is 3. The van der Waals surface area contributed by atoms with Crippen LogP contribution < -0.4 is 10.6 Å². The molecule has 0 aliphatic heterocycles. The van der Waals surface area contributed by atoms with E-state index in [1.165, 1.54) is 0 Å². The first kappa shape index (κ1) is 21.6. The molecule has 0 spiro atoms. The fraction of sp³-hybridized carbons (Fsp3) is 0.185. The standard InChI is InChI=1S/C27H24N4O3/c1-16-4-3-5-21(14-16)27-31-30-26(34-27)20-11-9-19(10-12-20)25(33)29-23-15-22(13-6-17(23)2)28-24(32)18-7-8-18/h3-6,9-15,18H,7-8H2,1-2H3,(H,28,32)(H,29,33). The van der Waals surface area contributed by atoms with Gasteiger partial charge < -0.3 is 15.1 Å². The zero-order valence-corrected chi connectivity index (χ0v) is 19.0. The molecule has 5 rings (SSSR count). The number of carbonyl (C=O) groups is 2. The van der Waals surface area contributed by atoms with E-state index in [4.69, 9.17) is 4.42 Å². The SMILES string of the molecule is Cc1cccc(-c2nnc(-c3ccc(C(=O)Nc4cc(NC(=O)C5CC5)ccc4C)cc3)o2)c1. The van der Waals surface area contributed by atoms with Crippen molar-refractivity contribution in [3.8, 4) is 22.9 Å². The van der Waals surface area contributed by atoms with Gasteiger partial charge >= 0.3 is 0 Å². The van der Waals surface area contributed by atoms with Crippen LogP contribution in [0.25, 0.3) is 22.9 Å². The molecule has 2 N–H and O–H groups in total. The van der Waals surface area contributed by atoms with Gasteiger partial charge in [-0.05, 0) is 80.8 Å². The van der Waals surface area contributed by atoms with Crippen molar-refractivity contribution in [1.29, 1.82) is 0 Å². The molecule has 0 radical (unpaired) electrons. The van der Waals surface area contributed by atoms with E-state index in [0.717, 1.165) is 35.1 Å². The van der Waals surface area contributed by atoms with E-state index in [2.05, 4.69) is 20.8 Å². The van der Waals surface area contributed by atoms with Crippen LogP contribution in [-0.4, -0.2) is 22.0 Å². The number of hydrogen-bond donors (Lipinski definition) is 2. The lowest BCUT2D eigenvalue weighted by molar-refractivity contribution is -0.117. The van der Waals surface area contributed by atoms with E-state index in [1.807, 2.05) is 50.2 Å². The molecule has 1 fully saturated rings.